The Labute approximate surface area is 172 Å². The van der Waals surface area contributed by atoms with Gasteiger partial charge < -0.3 is 20.1 Å². The minimum absolute atomic E-state index is 0. The highest BCUT2D eigenvalue weighted by Gasteiger charge is 2.15. The van der Waals surface area contributed by atoms with E-state index in [0.717, 1.165) is 29.8 Å². The molecule has 2 rings (SSSR count). The van der Waals surface area contributed by atoms with Crippen LogP contribution in [0.25, 0.3) is 0 Å². The molecule has 1 saturated heterocycles. The SMILES string of the molecule is CCNC(=NCC(C)Oc1cccc(OC)c1)NC1CCCSC1.I. The molecular formula is C18H30IN3O2S. The maximum Gasteiger partial charge on any atom is 0.191 e. The second kappa shape index (κ2) is 12.5. The highest BCUT2D eigenvalue weighted by atomic mass is 127. The normalized spacial score (nSPS) is 18.7. The van der Waals surface area contributed by atoms with Gasteiger partial charge in [0.25, 0.3) is 0 Å². The number of benzene rings is 1. The van der Waals surface area contributed by atoms with E-state index in [1.54, 1.807) is 7.11 Å². The first-order valence-electron chi connectivity index (χ1n) is 8.64. The van der Waals surface area contributed by atoms with Gasteiger partial charge in [-0.2, -0.15) is 11.8 Å². The van der Waals surface area contributed by atoms with Crippen LogP contribution in [0.15, 0.2) is 29.3 Å². The molecular weight excluding hydrogens is 449 g/mol. The lowest BCUT2D eigenvalue weighted by Gasteiger charge is -2.25. The number of methoxy groups -OCH3 is 1. The van der Waals surface area contributed by atoms with Crippen LogP contribution in [0.2, 0.25) is 0 Å². The van der Waals surface area contributed by atoms with Gasteiger partial charge in [-0.25, -0.2) is 4.99 Å². The van der Waals surface area contributed by atoms with Gasteiger partial charge in [-0.3, -0.25) is 0 Å². The first-order chi connectivity index (χ1) is 11.7. The molecule has 1 aliphatic heterocycles. The summed E-state index contributed by atoms with van der Waals surface area (Å²) in [7, 11) is 1.66. The monoisotopic (exact) mass is 479 g/mol. The summed E-state index contributed by atoms with van der Waals surface area (Å²) in [4.78, 5) is 4.68. The Hall–Kier alpha value is -0.830. The van der Waals surface area contributed by atoms with Crippen LogP contribution in [0, 0.1) is 0 Å². The van der Waals surface area contributed by atoms with E-state index in [0.29, 0.717) is 12.6 Å². The molecule has 0 aromatic heterocycles. The van der Waals surface area contributed by atoms with E-state index in [-0.39, 0.29) is 30.1 Å². The van der Waals surface area contributed by atoms with Gasteiger partial charge in [0.15, 0.2) is 5.96 Å². The molecule has 0 aliphatic carbocycles. The zero-order chi connectivity index (χ0) is 17.2. The molecule has 1 aliphatic rings. The van der Waals surface area contributed by atoms with Gasteiger partial charge in [0, 0.05) is 24.4 Å². The predicted molar refractivity (Wildman–Crippen MR) is 118 cm³/mol. The van der Waals surface area contributed by atoms with Crippen LogP contribution in [0.1, 0.15) is 26.7 Å². The summed E-state index contributed by atoms with van der Waals surface area (Å²) in [6.07, 6.45) is 2.48. The molecule has 0 saturated carbocycles. The third kappa shape index (κ3) is 8.40. The number of aliphatic imine (C=N–C) groups is 1. The highest BCUT2D eigenvalue weighted by molar-refractivity contribution is 14.0. The van der Waals surface area contributed by atoms with Crippen molar-refractivity contribution in [2.75, 3.05) is 31.7 Å². The van der Waals surface area contributed by atoms with Crippen molar-refractivity contribution in [2.24, 2.45) is 4.99 Å². The van der Waals surface area contributed by atoms with Gasteiger partial charge in [0.05, 0.1) is 13.7 Å². The maximum absolute atomic E-state index is 5.93. The van der Waals surface area contributed by atoms with Crippen molar-refractivity contribution in [3.8, 4) is 11.5 Å². The molecule has 7 heteroatoms. The number of nitrogens with zero attached hydrogens (tertiary/aromatic N) is 1. The Bertz CT molecular complexity index is 525. The number of ether oxygens (including phenoxy) is 2. The van der Waals surface area contributed by atoms with Gasteiger partial charge in [0.1, 0.15) is 17.6 Å². The van der Waals surface area contributed by atoms with Crippen molar-refractivity contribution in [3.63, 3.8) is 0 Å². The van der Waals surface area contributed by atoms with Gasteiger partial charge in [-0.05, 0) is 44.6 Å². The molecule has 1 aromatic rings. The van der Waals surface area contributed by atoms with E-state index in [2.05, 4.69) is 22.5 Å². The van der Waals surface area contributed by atoms with E-state index in [9.17, 15) is 0 Å². The van der Waals surface area contributed by atoms with Crippen LogP contribution < -0.4 is 20.1 Å². The Morgan fingerprint density at radius 1 is 1.40 bits per heavy atom. The molecule has 5 nitrogen and oxygen atoms in total. The standard InChI is InChI=1S/C18H29N3O2S.HI/c1-4-19-18(21-15-7-6-10-24-13-15)20-12-14(2)23-17-9-5-8-16(11-17)22-3;/h5,8-9,11,14-15H,4,6-7,10,12-13H2,1-3H3,(H2,19,20,21);1H. The molecule has 1 aromatic carbocycles. The van der Waals surface area contributed by atoms with E-state index in [1.807, 2.05) is 43.0 Å². The van der Waals surface area contributed by atoms with Crippen molar-refractivity contribution in [3.05, 3.63) is 24.3 Å². The van der Waals surface area contributed by atoms with Crippen molar-refractivity contribution in [1.29, 1.82) is 0 Å². The molecule has 142 valence electrons. The number of hydrogen-bond donors (Lipinski definition) is 2. The summed E-state index contributed by atoms with van der Waals surface area (Å²) >= 11 is 2.01. The second-order valence-electron chi connectivity index (χ2n) is 5.89. The summed E-state index contributed by atoms with van der Waals surface area (Å²) in [5, 5.41) is 6.86. The van der Waals surface area contributed by atoms with Gasteiger partial charge in [-0.1, -0.05) is 6.07 Å². The number of thioether (sulfide) groups is 1. The molecule has 1 fully saturated rings. The third-order valence-electron chi connectivity index (χ3n) is 3.73. The zero-order valence-electron chi connectivity index (χ0n) is 15.3. The quantitative estimate of drug-likeness (QED) is 0.356. The summed E-state index contributed by atoms with van der Waals surface area (Å²) in [5.41, 5.74) is 0. The van der Waals surface area contributed by atoms with E-state index >= 15 is 0 Å². The van der Waals surface area contributed by atoms with Crippen LogP contribution in [-0.4, -0.2) is 49.8 Å². The first-order valence-corrected chi connectivity index (χ1v) is 9.80. The Morgan fingerprint density at radius 2 is 2.20 bits per heavy atom. The largest absolute Gasteiger partial charge is 0.497 e. The van der Waals surface area contributed by atoms with Crippen molar-refractivity contribution < 1.29 is 9.47 Å². The lowest BCUT2D eigenvalue weighted by Crippen LogP contribution is -2.45. The van der Waals surface area contributed by atoms with E-state index in [1.165, 1.54) is 18.6 Å². The number of hydrogen-bond acceptors (Lipinski definition) is 4. The molecule has 0 bridgehead atoms. The average molecular weight is 479 g/mol. The van der Waals surface area contributed by atoms with Gasteiger partial charge in [-0.15, -0.1) is 24.0 Å². The lowest BCUT2D eigenvalue weighted by atomic mass is 10.2. The Kier molecular flexibility index (Phi) is 11.1. The highest BCUT2D eigenvalue weighted by Crippen LogP contribution is 2.20. The van der Waals surface area contributed by atoms with Crippen LogP contribution in [0.4, 0.5) is 0 Å². The fourth-order valence-corrected chi connectivity index (χ4v) is 3.60. The predicted octanol–water partition coefficient (Wildman–Crippen LogP) is 3.53. The molecule has 0 radical (unpaired) electrons. The second-order valence-corrected chi connectivity index (χ2v) is 7.04. The number of guanidine groups is 1. The zero-order valence-corrected chi connectivity index (χ0v) is 18.4. The van der Waals surface area contributed by atoms with Gasteiger partial charge >= 0.3 is 0 Å². The van der Waals surface area contributed by atoms with Crippen LogP contribution in [0.3, 0.4) is 0 Å². The summed E-state index contributed by atoms with van der Waals surface area (Å²) in [6.45, 7) is 5.58. The molecule has 2 atom stereocenters. The lowest BCUT2D eigenvalue weighted by molar-refractivity contribution is 0.229. The van der Waals surface area contributed by atoms with Gasteiger partial charge in [0.2, 0.25) is 0 Å². The molecule has 2 N–H and O–H groups in total. The smallest absolute Gasteiger partial charge is 0.191 e. The third-order valence-corrected chi connectivity index (χ3v) is 4.95. The topological polar surface area (TPSA) is 54.9 Å². The Balaban J connectivity index is 0.00000312. The fraction of sp³-hybridized carbons (Fsp3) is 0.611. The van der Waals surface area contributed by atoms with Crippen molar-refractivity contribution in [2.45, 2.75) is 38.8 Å². The van der Waals surface area contributed by atoms with Crippen molar-refractivity contribution in [1.82, 2.24) is 10.6 Å². The molecule has 25 heavy (non-hydrogen) atoms. The average Bonchev–Trinajstić information content (AvgIpc) is 2.61. The van der Waals surface area contributed by atoms with Crippen LogP contribution in [0.5, 0.6) is 11.5 Å². The first kappa shape index (κ1) is 22.2. The molecule has 0 amide bonds. The molecule has 0 spiro atoms. The number of rotatable bonds is 7. The van der Waals surface area contributed by atoms with Crippen LogP contribution >= 0.6 is 35.7 Å². The summed E-state index contributed by atoms with van der Waals surface area (Å²) in [5.74, 6) is 4.91. The Morgan fingerprint density at radius 3 is 2.88 bits per heavy atom. The minimum Gasteiger partial charge on any atom is -0.497 e. The van der Waals surface area contributed by atoms with E-state index in [4.69, 9.17) is 9.47 Å². The minimum atomic E-state index is -0.00621. The summed E-state index contributed by atoms with van der Waals surface area (Å²) in [6, 6.07) is 8.17. The number of halogens is 1. The van der Waals surface area contributed by atoms with Crippen LogP contribution in [-0.2, 0) is 0 Å². The molecule has 2 unspecified atom stereocenters. The fourth-order valence-electron chi connectivity index (χ4n) is 2.53. The summed E-state index contributed by atoms with van der Waals surface area (Å²) < 4.78 is 11.2. The maximum atomic E-state index is 5.93. The van der Waals surface area contributed by atoms with Crippen molar-refractivity contribution >= 4 is 41.7 Å². The number of nitrogens with one attached hydrogen (secondary N) is 2. The molecule has 1 heterocycles. The van der Waals surface area contributed by atoms with E-state index < -0.39 is 0 Å².